The molecule has 2 nitrogen and oxygen atoms in total. The van der Waals surface area contributed by atoms with E-state index in [1.807, 2.05) is 44.2 Å². The Kier molecular flexibility index (Phi) is 4.27. The van der Waals surface area contributed by atoms with E-state index >= 15 is 0 Å². The molecule has 0 amide bonds. The summed E-state index contributed by atoms with van der Waals surface area (Å²) in [5.41, 5.74) is 3.83. The summed E-state index contributed by atoms with van der Waals surface area (Å²) >= 11 is 3.43. The fourth-order valence-electron chi connectivity index (χ4n) is 2.30. The molecule has 0 aliphatic rings. The van der Waals surface area contributed by atoms with Gasteiger partial charge in [-0.1, -0.05) is 34.1 Å². The van der Waals surface area contributed by atoms with Gasteiger partial charge in [0.25, 0.3) is 0 Å². The van der Waals surface area contributed by atoms with Crippen molar-refractivity contribution in [2.75, 3.05) is 7.11 Å². The predicted molar refractivity (Wildman–Crippen MR) is 80.7 cm³/mol. The second-order valence-electron chi connectivity index (χ2n) is 4.66. The maximum atomic E-state index is 10.6. The van der Waals surface area contributed by atoms with Crippen LogP contribution in [0.1, 0.15) is 28.4 Å². The van der Waals surface area contributed by atoms with Crippen LogP contribution in [0.25, 0.3) is 0 Å². The van der Waals surface area contributed by atoms with Gasteiger partial charge in [0.05, 0.1) is 7.11 Å². The minimum Gasteiger partial charge on any atom is -0.496 e. The van der Waals surface area contributed by atoms with Crippen LogP contribution in [0.15, 0.2) is 40.9 Å². The van der Waals surface area contributed by atoms with Crippen molar-refractivity contribution in [1.29, 1.82) is 0 Å². The van der Waals surface area contributed by atoms with Crippen LogP contribution in [-0.2, 0) is 0 Å². The Bertz CT molecular complexity index is 593. The lowest BCUT2D eigenvalue weighted by Crippen LogP contribution is -2.05. The molecule has 3 heteroatoms. The lowest BCUT2D eigenvalue weighted by atomic mass is 9.95. The molecule has 0 aromatic heterocycles. The molecule has 0 fully saturated rings. The normalized spacial score (nSPS) is 12.3. The molecule has 2 rings (SSSR count). The number of hydrogen-bond donors (Lipinski definition) is 1. The summed E-state index contributed by atoms with van der Waals surface area (Å²) in [6.45, 7) is 4.01. The third-order valence-electron chi connectivity index (χ3n) is 3.15. The Morgan fingerprint density at radius 3 is 2.53 bits per heavy atom. The van der Waals surface area contributed by atoms with E-state index in [0.29, 0.717) is 0 Å². The van der Waals surface area contributed by atoms with Gasteiger partial charge in [-0.25, -0.2) is 0 Å². The van der Waals surface area contributed by atoms with Crippen LogP contribution in [0.3, 0.4) is 0 Å². The Balaban J connectivity index is 2.52. The first-order valence-electron chi connectivity index (χ1n) is 6.11. The van der Waals surface area contributed by atoms with Crippen LogP contribution in [0.5, 0.6) is 5.75 Å². The maximum absolute atomic E-state index is 10.6. The van der Waals surface area contributed by atoms with Gasteiger partial charge >= 0.3 is 0 Å². The average molecular weight is 321 g/mol. The lowest BCUT2D eigenvalue weighted by molar-refractivity contribution is 0.214. The molecule has 0 aliphatic heterocycles. The van der Waals surface area contributed by atoms with Crippen molar-refractivity contribution in [2.45, 2.75) is 20.0 Å². The highest BCUT2D eigenvalue weighted by Gasteiger charge is 2.18. The molecule has 1 N–H and O–H groups in total. The molecular formula is C16H17BrO2. The van der Waals surface area contributed by atoms with Gasteiger partial charge in [-0.2, -0.15) is 0 Å². The molecule has 0 bridgehead atoms. The number of benzene rings is 2. The van der Waals surface area contributed by atoms with Crippen molar-refractivity contribution in [2.24, 2.45) is 0 Å². The van der Waals surface area contributed by atoms with Crippen LogP contribution in [0.4, 0.5) is 0 Å². The highest BCUT2D eigenvalue weighted by Crippen LogP contribution is 2.34. The summed E-state index contributed by atoms with van der Waals surface area (Å²) in [7, 11) is 1.63. The van der Waals surface area contributed by atoms with Crippen molar-refractivity contribution in [3.8, 4) is 5.75 Å². The number of ether oxygens (including phenoxy) is 1. The van der Waals surface area contributed by atoms with Gasteiger partial charge in [-0.3, -0.25) is 0 Å². The molecule has 0 aliphatic carbocycles. The molecule has 0 heterocycles. The lowest BCUT2D eigenvalue weighted by Gasteiger charge is -2.19. The van der Waals surface area contributed by atoms with E-state index in [1.165, 1.54) is 0 Å². The molecule has 100 valence electrons. The van der Waals surface area contributed by atoms with Crippen LogP contribution in [0, 0.1) is 13.8 Å². The summed E-state index contributed by atoms with van der Waals surface area (Å²) in [5, 5.41) is 10.6. The zero-order valence-electron chi connectivity index (χ0n) is 11.3. The fourth-order valence-corrected chi connectivity index (χ4v) is 2.72. The molecule has 0 radical (unpaired) electrons. The summed E-state index contributed by atoms with van der Waals surface area (Å²) in [6.07, 6.45) is -0.687. The van der Waals surface area contributed by atoms with E-state index in [4.69, 9.17) is 4.74 Å². The summed E-state index contributed by atoms with van der Waals surface area (Å²) in [5.74, 6) is 0.727. The Morgan fingerprint density at radius 2 is 1.89 bits per heavy atom. The number of aliphatic hydroxyl groups is 1. The first-order valence-corrected chi connectivity index (χ1v) is 6.91. The van der Waals surface area contributed by atoms with Crippen LogP contribution in [0.2, 0.25) is 0 Å². The highest BCUT2D eigenvalue weighted by atomic mass is 79.9. The molecule has 1 unspecified atom stereocenters. The quantitative estimate of drug-likeness (QED) is 0.920. The Hall–Kier alpha value is -1.32. The van der Waals surface area contributed by atoms with Crippen LogP contribution in [-0.4, -0.2) is 12.2 Å². The van der Waals surface area contributed by atoms with E-state index in [-0.39, 0.29) is 0 Å². The Labute approximate surface area is 122 Å². The van der Waals surface area contributed by atoms with Crippen molar-refractivity contribution < 1.29 is 9.84 Å². The third-order valence-corrected chi connectivity index (χ3v) is 3.64. The van der Waals surface area contributed by atoms with E-state index in [1.54, 1.807) is 7.11 Å². The van der Waals surface area contributed by atoms with Crippen molar-refractivity contribution in [3.05, 3.63) is 63.1 Å². The van der Waals surface area contributed by atoms with E-state index in [9.17, 15) is 5.11 Å². The summed E-state index contributed by atoms with van der Waals surface area (Å²) in [4.78, 5) is 0. The highest BCUT2D eigenvalue weighted by molar-refractivity contribution is 9.10. The molecule has 2 aromatic carbocycles. The Morgan fingerprint density at radius 1 is 1.16 bits per heavy atom. The van der Waals surface area contributed by atoms with Gasteiger partial charge in [-0.05, 0) is 48.7 Å². The SMILES string of the molecule is COc1cc(C)cc(C)c1C(O)c1cccc(Br)c1. The minimum atomic E-state index is -0.687. The van der Waals surface area contributed by atoms with Gasteiger partial charge in [0, 0.05) is 10.0 Å². The van der Waals surface area contributed by atoms with Gasteiger partial charge in [0.15, 0.2) is 0 Å². The first-order chi connectivity index (χ1) is 9.02. The number of rotatable bonds is 3. The number of halogens is 1. The molecular weight excluding hydrogens is 304 g/mol. The van der Waals surface area contributed by atoms with E-state index < -0.39 is 6.10 Å². The summed E-state index contributed by atoms with van der Waals surface area (Å²) in [6, 6.07) is 11.7. The second kappa shape index (κ2) is 5.76. The molecule has 0 spiro atoms. The minimum absolute atomic E-state index is 0.687. The van der Waals surface area contributed by atoms with Gasteiger partial charge in [0.2, 0.25) is 0 Å². The molecule has 1 atom stereocenters. The van der Waals surface area contributed by atoms with Crippen LogP contribution < -0.4 is 4.74 Å². The molecule has 19 heavy (non-hydrogen) atoms. The standard InChI is InChI=1S/C16H17BrO2/c1-10-7-11(2)15(14(8-10)19-3)16(18)12-5-4-6-13(17)9-12/h4-9,16,18H,1-3H3. The van der Waals surface area contributed by atoms with Gasteiger partial charge in [0.1, 0.15) is 11.9 Å². The molecule has 0 saturated carbocycles. The smallest absolute Gasteiger partial charge is 0.125 e. The summed E-state index contributed by atoms with van der Waals surface area (Å²) < 4.78 is 6.36. The topological polar surface area (TPSA) is 29.5 Å². The third kappa shape index (κ3) is 2.99. The van der Waals surface area contributed by atoms with Crippen molar-refractivity contribution in [1.82, 2.24) is 0 Å². The largest absolute Gasteiger partial charge is 0.496 e. The zero-order chi connectivity index (χ0) is 14.0. The average Bonchev–Trinajstić information content (AvgIpc) is 2.37. The van der Waals surface area contributed by atoms with Gasteiger partial charge in [-0.15, -0.1) is 0 Å². The monoisotopic (exact) mass is 320 g/mol. The molecule has 0 saturated heterocycles. The number of aliphatic hydroxyl groups excluding tert-OH is 1. The maximum Gasteiger partial charge on any atom is 0.125 e. The molecule has 2 aromatic rings. The zero-order valence-corrected chi connectivity index (χ0v) is 12.9. The van der Waals surface area contributed by atoms with Crippen molar-refractivity contribution >= 4 is 15.9 Å². The van der Waals surface area contributed by atoms with Crippen molar-refractivity contribution in [3.63, 3.8) is 0 Å². The predicted octanol–water partition coefficient (Wildman–Crippen LogP) is 4.16. The second-order valence-corrected chi connectivity index (χ2v) is 5.57. The van der Waals surface area contributed by atoms with E-state index in [2.05, 4.69) is 22.0 Å². The van der Waals surface area contributed by atoms with Crippen LogP contribution >= 0.6 is 15.9 Å². The van der Waals surface area contributed by atoms with Gasteiger partial charge < -0.3 is 9.84 Å². The number of hydrogen-bond acceptors (Lipinski definition) is 2. The number of methoxy groups -OCH3 is 1. The fraction of sp³-hybridized carbons (Fsp3) is 0.250. The first kappa shape index (κ1) is 14.1. The number of aryl methyl sites for hydroxylation is 2. The van der Waals surface area contributed by atoms with E-state index in [0.717, 1.165) is 32.5 Å².